The van der Waals surface area contributed by atoms with E-state index in [0.29, 0.717) is 23.3 Å². The predicted octanol–water partition coefficient (Wildman–Crippen LogP) is 2.75. The number of para-hydroxylation sites is 1. The number of ether oxygens (including phenoxy) is 1. The van der Waals surface area contributed by atoms with E-state index in [2.05, 4.69) is 19.2 Å². The Morgan fingerprint density at radius 2 is 2.05 bits per heavy atom. The van der Waals surface area contributed by atoms with Crippen LogP contribution in [-0.2, 0) is 0 Å². The highest BCUT2D eigenvalue weighted by atomic mass is 16.5. The van der Waals surface area contributed by atoms with E-state index in [1.165, 1.54) is 0 Å². The number of carbonyl (C=O) groups is 1. The van der Waals surface area contributed by atoms with Crippen LogP contribution in [0.1, 0.15) is 37.0 Å². The summed E-state index contributed by atoms with van der Waals surface area (Å²) in [6, 6.07) is 5.75. The first kappa shape index (κ1) is 13.3. The molecule has 1 fully saturated rings. The summed E-state index contributed by atoms with van der Waals surface area (Å²) >= 11 is 0. The molecule has 1 aromatic rings. The highest BCUT2D eigenvalue weighted by Crippen LogP contribution is 2.34. The smallest absolute Gasteiger partial charge is 0.257 e. The van der Waals surface area contributed by atoms with Gasteiger partial charge >= 0.3 is 0 Å². The van der Waals surface area contributed by atoms with Gasteiger partial charge in [0.05, 0.1) is 11.3 Å². The van der Waals surface area contributed by atoms with Crippen LogP contribution in [0.15, 0.2) is 18.2 Å². The van der Waals surface area contributed by atoms with Crippen molar-refractivity contribution in [1.29, 1.82) is 0 Å². The van der Waals surface area contributed by atoms with Gasteiger partial charge in [-0.2, -0.15) is 0 Å². The molecule has 0 unspecified atom stereocenters. The molecule has 4 heteroatoms. The van der Waals surface area contributed by atoms with Crippen LogP contribution in [0.2, 0.25) is 0 Å². The number of hydrogen-bond donors (Lipinski definition) is 1. The third-order valence-electron chi connectivity index (χ3n) is 4.31. The molecule has 20 heavy (non-hydrogen) atoms. The number of nitrogens with zero attached hydrogens (tertiary/aromatic N) is 1. The van der Waals surface area contributed by atoms with Crippen LogP contribution in [0.3, 0.4) is 0 Å². The zero-order valence-electron chi connectivity index (χ0n) is 12.2. The number of nitrogens with one attached hydrogen (secondary N) is 1. The maximum atomic E-state index is 12.7. The molecule has 0 aromatic heterocycles. The number of carbonyl (C=O) groups excluding carboxylic acids is 1. The summed E-state index contributed by atoms with van der Waals surface area (Å²) in [6.07, 6.45) is 2.12. The number of piperidine rings is 1. The first-order chi connectivity index (χ1) is 9.57. The third kappa shape index (κ3) is 2.47. The van der Waals surface area contributed by atoms with Gasteiger partial charge in [-0.05, 0) is 30.4 Å². The van der Waals surface area contributed by atoms with Gasteiger partial charge in [0.25, 0.3) is 5.91 Å². The molecule has 0 aliphatic carbocycles. The molecule has 2 aliphatic heterocycles. The van der Waals surface area contributed by atoms with Crippen molar-refractivity contribution in [3.8, 4) is 5.75 Å². The highest BCUT2D eigenvalue weighted by Gasteiger charge is 2.30. The topological polar surface area (TPSA) is 41.6 Å². The minimum Gasteiger partial charge on any atom is -0.489 e. The number of hydrogen-bond acceptors (Lipinski definition) is 3. The van der Waals surface area contributed by atoms with Crippen LogP contribution >= 0.6 is 0 Å². The van der Waals surface area contributed by atoms with Crippen molar-refractivity contribution in [1.82, 2.24) is 4.90 Å². The number of likely N-dealkylation sites (tertiary alicyclic amines) is 1. The summed E-state index contributed by atoms with van der Waals surface area (Å²) in [7, 11) is 0. The second-order valence-electron chi connectivity index (χ2n) is 6.41. The van der Waals surface area contributed by atoms with E-state index in [4.69, 9.17) is 4.74 Å². The van der Waals surface area contributed by atoms with E-state index in [1.54, 1.807) is 0 Å². The fourth-order valence-corrected chi connectivity index (χ4v) is 2.82. The number of amides is 1. The van der Waals surface area contributed by atoms with Crippen LogP contribution in [0.25, 0.3) is 0 Å². The lowest BCUT2D eigenvalue weighted by Gasteiger charge is -2.37. The molecule has 1 amide bonds. The molecule has 0 saturated carbocycles. The lowest BCUT2D eigenvalue weighted by atomic mass is 9.82. The van der Waals surface area contributed by atoms with Crippen LogP contribution < -0.4 is 10.1 Å². The quantitative estimate of drug-likeness (QED) is 0.856. The Morgan fingerprint density at radius 1 is 1.30 bits per heavy atom. The summed E-state index contributed by atoms with van der Waals surface area (Å²) in [6.45, 7) is 7.62. The average molecular weight is 274 g/mol. The van der Waals surface area contributed by atoms with Crippen LogP contribution in [-0.4, -0.2) is 37.0 Å². The van der Waals surface area contributed by atoms with Crippen LogP contribution in [0.4, 0.5) is 5.69 Å². The molecule has 2 aliphatic rings. The molecule has 1 aromatic carbocycles. The molecular formula is C16H22N2O2. The summed E-state index contributed by atoms with van der Waals surface area (Å²) in [4.78, 5) is 14.7. The van der Waals surface area contributed by atoms with Crippen molar-refractivity contribution in [2.24, 2.45) is 5.41 Å². The van der Waals surface area contributed by atoms with Crippen molar-refractivity contribution >= 4 is 11.6 Å². The first-order valence-corrected chi connectivity index (χ1v) is 7.36. The number of rotatable bonds is 1. The van der Waals surface area contributed by atoms with E-state index in [9.17, 15) is 4.79 Å². The van der Waals surface area contributed by atoms with E-state index >= 15 is 0 Å². The molecule has 2 heterocycles. The molecule has 1 saturated heterocycles. The molecule has 108 valence electrons. The lowest BCUT2D eigenvalue weighted by Crippen LogP contribution is -2.41. The van der Waals surface area contributed by atoms with Gasteiger partial charge in [0.1, 0.15) is 6.61 Å². The minimum absolute atomic E-state index is 0.0982. The van der Waals surface area contributed by atoms with E-state index in [-0.39, 0.29) is 5.91 Å². The Morgan fingerprint density at radius 3 is 2.80 bits per heavy atom. The van der Waals surface area contributed by atoms with Gasteiger partial charge in [0.15, 0.2) is 5.75 Å². The summed E-state index contributed by atoms with van der Waals surface area (Å²) in [5, 5.41) is 3.28. The van der Waals surface area contributed by atoms with Crippen molar-refractivity contribution in [3.63, 3.8) is 0 Å². The van der Waals surface area contributed by atoms with Gasteiger partial charge in [0.2, 0.25) is 0 Å². The molecule has 1 N–H and O–H groups in total. The van der Waals surface area contributed by atoms with Crippen LogP contribution in [0, 0.1) is 5.41 Å². The zero-order valence-corrected chi connectivity index (χ0v) is 12.2. The normalized spacial score (nSPS) is 20.6. The van der Waals surface area contributed by atoms with Gasteiger partial charge < -0.3 is 15.0 Å². The first-order valence-electron chi connectivity index (χ1n) is 7.36. The fourth-order valence-electron chi connectivity index (χ4n) is 2.82. The Kier molecular flexibility index (Phi) is 3.32. The number of benzene rings is 1. The standard InChI is InChI=1S/C16H22N2O2/c1-16(2)6-9-18(10-7-16)15(19)12-4-3-5-13-14(12)20-11-8-17-13/h3-5,17H,6-11H2,1-2H3. The maximum absolute atomic E-state index is 12.7. The van der Waals surface area contributed by atoms with Crippen molar-refractivity contribution < 1.29 is 9.53 Å². The summed E-state index contributed by atoms with van der Waals surface area (Å²) in [5.41, 5.74) is 1.97. The van der Waals surface area contributed by atoms with E-state index in [0.717, 1.165) is 38.2 Å². The second kappa shape index (κ2) is 5.00. The van der Waals surface area contributed by atoms with E-state index in [1.807, 2.05) is 23.1 Å². The highest BCUT2D eigenvalue weighted by molar-refractivity contribution is 5.99. The Balaban J connectivity index is 1.81. The summed E-state index contributed by atoms with van der Waals surface area (Å²) < 4.78 is 5.70. The Bertz CT molecular complexity index is 515. The average Bonchev–Trinajstić information content (AvgIpc) is 2.46. The van der Waals surface area contributed by atoms with Gasteiger partial charge in [-0.1, -0.05) is 19.9 Å². The van der Waals surface area contributed by atoms with Crippen molar-refractivity contribution in [2.75, 3.05) is 31.6 Å². The predicted molar refractivity (Wildman–Crippen MR) is 79.3 cm³/mol. The molecule has 0 atom stereocenters. The number of fused-ring (bicyclic) bond motifs is 1. The lowest BCUT2D eigenvalue weighted by molar-refractivity contribution is 0.0626. The molecule has 4 nitrogen and oxygen atoms in total. The van der Waals surface area contributed by atoms with Crippen molar-refractivity contribution in [3.05, 3.63) is 23.8 Å². The monoisotopic (exact) mass is 274 g/mol. The molecule has 0 bridgehead atoms. The SMILES string of the molecule is CC1(C)CCN(C(=O)c2cccc3c2OCCN3)CC1. The molecule has 0 radical (unpaired) electrons. The molecule has 0 spiro atoms. The van der Waals surface area contributed by atoms with Crippen LogP contribution in [0.5, 0.6) is 5.75 Å². The summed E-state index contributed by atoms with van der Waals surface area (Å²) in [5.74, 6) is 0.814. The van der Waals surface area contributed by atoms with Gasteiger partial charge in [-0.3, -0.25) is 4.79 Å². The van der Waals surface area contributed by atoms with Gasteiger partial charge in [-0.15, -0.1) is 0 Å². The third-order valence-corrected chi connectivity index (χ3v) is 4.31. The molecule has 3 rings (SSSR count). The fraction of sp³-hybridized carbons (Fsp3) is 0.562. The van der Waals surface area contributed by atoms with Gasteiger partial charge in [-0.25, -0.2) is 0 Å². The zero-order chi connectivity index (χ0) is 14.2. The maximum Gasteiger partial charge on any atom is 0.257 e. The second-order valence-corrected chi connectivity index (χ2v) is 6.41. The largest absolute Gasteiger partial charge is 0.489 e. The van der Waals surface area contributed by atoms with Gasteiger partial charge in [0, 0.05) is 19.6 Å². The molecular weight excluding hydrogens is 252 g/mol. The van der Waals surface area contributed by atoms with E-state index < -0.39 is 0 Å². The van der Waals surface area contributed by atoms with Crippen molar-refractivity contribution in [2.45, 2.75) is 26.7 Å². The number of anilines is 1. The Labute approximate surface area is 120 Å². The Hall–Kier alpha value is -1.71. The minimum atomic E-state index is 0.0982.